The fourth-order valence-corrected chi connectivity index (χ4v) is 3.99. The zero-order valence-corrected chi connectivity index (χ0v) is 19.8. The van der Waals surface area contributed by atoms with E-state index in [9.17, 15) is 5.11 Å². The van der Waals surface area contributed by atoms with Crippen molar-refractivity contribution >= 4 is 41.2 Å². The molecule has 2 atom stereocenters. The van der Waals surface area contributed by atoms with Crippen LogP contribution in [-0.4, -0.2) is 17.1 Å². The minimum atomic E-state index is -0.718. The van der Waals surface area contributed by atoms with Gasteiger partial charge in [-0.2, -0.15) is 0 Å². The molecule has 0 heterocycles. The van der Waals surface area contributed by atoms with Gasteiger partial charge in [0, 0.05) is 26.6 Å². The molecule has 0 saturated heterocycles. The molecule has 3 aromatic carbocycles. The Hall–Kier alpha value is -2.24. The molecule has 0 bridgehead atoms. The molecule has 1 N–H and O–H groups in total. The van der Waals surface area contributed by atoms with E-state index in [1.54, 1.807) is 30.1 Å². The lowest BCUT2D eigenvalue weighted by atomic mass is 9.94. The predicted molar refractivity (Wildman–Crippen MR) is 136 cm³/mol. The first kappa shape index (κ1) is 24.4. The monoisotopic (exact) mass is 485 g/mol. The first-order chi connectivity index (χ1) is 15.6. The first-order valence-corrected chi connectivity index (χ1v) is 12.0. The molecule has 3 nitrogen and oxygen atoms in total. The molecule has 0 fully saturated rings. The Kier molecular flexibility index (Phi) is 10.2. The zero-order valence-electron chi connectivity index (χ0n) is 17.5. The van der Waals surface area contributed by atoms with E-state index in [0.717, 1.165) is 26.8 Å². The highest BCUT2D eigenvalue weighted by atomic mass is 35.5. The van der Waals surface area contributed by atoms with E-state index >= 15 is 0 Å². The summed E-state index contributed by atoms with van der Waals surface area (Å²) in [5, 5.41) is 16.4. The average Bonchev–Trinajstić information content (AvgIpc) is 2.82. The second-order valence-electron chi connectivity index (χ2n) is 7.15. The second kappa shape index (κ2) is 13.3. The molecule has 3 rings (SSSR count). The van der Waals surface area contributed by atoms with Crippen LogP contribution >= 0.6 is 35.0 Å². The number of hydrogen-bond acceptors (Lipinski definition) is 4. The molecule has 0 unspecified atom stereocenters. The van der Waals surface area contributed by atoms with Gasteiger partial charge in [-0.25, -0.2) is 0 Å². The number of rotatable bonds is 11. The number of hydrogen-bond donors (Lipinski definition) is 1. The summed E-state index contributed by atoms with van der Waals surface area (Å²) in [6.45, 7) is 0.384. The number of benzene rings is 3. The molecule has 6 heteroatoms. The number of aliphatic hydroxyl groups is 1. The van der Waals surface area contributed by atoms with Crippen LogP contribution in [0, 0.1) is 5.92 Å². The van der Waals surface area contributed by atoms with Gasteiger partial charge in [0.2, 0.25) is 0 Å². The lowest BCUT2D eigenvalue weighted by molar-refractivity contribution is 0.119. The van der Waals surface area contributed by atoms with Crippen LogP contribution in [0.3, 0.4) is 0 Å². The van der Waals surface area contributed by atoms with Crippen LogP contribution in [0.4, 0.5) is 0 Å². The van der Waals surface area contributed by atoms with Crippen LogP contribution in [0.5, 0.6) is 0 Å². The van der Waals surface area contributed by atoms with E-state index in [4.69, 9.17) is 28.0 Å². The van der Waals surface area contributed by atoms with E-state index < -0.39 is 6.10 Å². The summed E-state index contributed by atoms with van der Waals surface area (Å²) in [5.74, 6) is 0.594. The lowest BCUT2D eigenvalue weighted by Crippen LogP contribution is -2.14. The molecular weight excluding hydrogens is 461 g/mol. The quantitative estimate of drug-likeness (QED) is 0.131. The number of aliphatic hydroxyl groups excluding tert-OH is 1. The van der Waals surface area contributed by atoms with Gasteiger partial charge in [-0.1, -0.05) is 83.0 Å². The van der Waals surface area contributed by atoms with Crippen molar-refractivity contribution in [3.05, 3.63) is 112 Å². The van der Waals surface area contributed by atoms with Gasteiger partial charge in [0.1, 0.15) is 6.61 Å². The fraction of sp³-hybridized carbons (Fsp3) is 0.192. The zero-order chi connectivity index (χ0) is 22.6. The SMILES string of the molecule is O[C@H](c1ccc(Cl)cc1)[C@@H](/C=N/OCc1ccccc1)C/C=C/CSc1ccc(Cl)cc1. The third-order valence-electron chi connectivity index (χ3n) is 4.75. The smallest absolute Gasteiger partial charge is 0.142 e. The summed E-state index contributed by atoms with van der Waals surface area (Å²) in [5.41, 5.74) is 1.83. The molecule has 3 aromatic rings. The summed E-state index contributed by atoms with van der Waals surface area (Å²) in [6.07, 6.45) is 5.75. The van der Waals surface area contributed by atoms with Gasteiger partial charge in [0.15, 0.2) is 0 Å². The topological polar surface area (TPSA) is 41.8 Å². The fourth-order valence-electron chi connectivity index (χ4n) is 2.98. The Morgan fingerprint density at radius 1 is 0.875 bits per heavy atom. The van der Waals surface area contributed by atoms with E-state index in [1.807, 2.05) is 66.7 Å². The third kappa shape index (κ3) is 8.36. The highest BCUT2D eigenvalue weighted by molar-refractivity contribution is 7.99. The highest BCUT2D eigenvalue weighted by Crippen LogP contribution is 2.26. The molecule has 0 spiro atoms. The molecule has 32 heavy (non-hydrogen) atoms. The number of halogens is 2. The van der Waals surface area contributed by atoms with E-state index in [2.05, 4.69) is 17.3 Å². The van der Waals surface area contributed by atoms with Gasteiger partial charge in [-0.05, 0) is 53.9 Å². The second-order valence-corrected chi connectivity index (χ2v) is 9.11. The lowest BCUT2D eigenvalue weighted by Gasteiger charge is -2.18. The molecule has 0 amide bonds. The Bertz CT molecular complexity index is 993. The number of nitrogens with zero attached hydrogens (tertiary/aromatic N) is 1. The van der Waals surface area contributed by atoms with Crippen LogP contribution in [0.25, 0.3) is 0 Å². The molecule has 0 aliphatic rings. The van der Waals surface area contributed by atoms with Crippen molar-refractivity contribution in [1.29, 1.82) is 0 Å². The number of thioether (sulfide) groups is 1. The Labute approximate surface area is 203 Å². The minimum absolute atomic E-state index is 0.233. The summed E-state index contributed by atoms with van der Waals surface area (Å²) in [7, 11) is 0. The van der Waals surface area contributed by atoms with Crippen molar-refractivity contribution in [3.8, 4) is 0 Å². The molecule has 0 radical (unpaired) electrons. The van der Waals surface area contributed by atoms with Crippen molar-refractivity contribution in [1.82, 2.24) is 0 Å². The van der Waals surface area contributed by atoms with Crippen molar-refractivity contribution in [2.24, 2.45) is 11.1 Å². The average molecular weight is 486 g/mol. The maximum absolute atomic E-state index is 10.9. The van der Waals surface area contributed by atoms with Crippen molar-refractivity contribution in [2.45, 2.75) is 24.0 Å². The minimum Gasteiger partial charge on any atom is -0.391 e. The predicted octanol–water partition coefficient (Wildman–Crippen LogP) is 7.58. The molecule has 0 aliphatic heterocycles. The third-order valence-corrected chi connectivity index (χ3v) is 6.22. The van der Waals surface area contributed by atoms with Gasteiger partial charge >= 0.3 is 0 Å². The van der Waals surface area contributed by atoms with Gasteiger partial charge in [0.05, 0.1) is 12.3 Å². The van der Waals surface area contributed by atoms with Crippen LogP contribution < -0.4 is 0 Å². The molecule has 0 aromatic heterocycles. The maximum atomic E-state index is 10.9. The Morgan fingerprint density at radius 2 is 1.53 bits per heavy atom. The number of oxime groups is 1. The van der Waals surface area contributed by atoms with Gasteiger partial charge in [-0.15, -0.1) is 11.8 Å². The molecule has 166 valence electrons. The van der Waals surface area contributed by atoms with Gasteiger partial charge in [-0.3, -0.25) is 0 Å². The van der Waals surface area contributed by atoms with E-state index in [-0.39, 0.29) is 5.92 Å². The first-order valence-electron chi connectivity index (χ1n) is 10.3. The van der Waals surface area contributed by atoms with Crippen LogP contribution in [0.2, 0.25) is 10.0 Å². The summed E-state index contributed by atoms with van der Waals surface area (Å²) in [4.78, 5) is 6.61. The van der Waals surface area contributed by atoms with Crippen molar-refractivity contribution < 1.29 is 9.94 Å². The molecule has 0 aliphatic carbocycles. The summed E-state index contributed by atoms with van der Waals surface area (Å²) in [6, 6.07) is 24.8. The van der Waals surface area contributed by atoms with E-state index in [1.165, 1.54) is 0 Å². The maximum Gasteiger partial charge on any atom is 0.142 e. The Balaban J connectivity index is 1.57. The van der Waals surface area contributed by atoms with Crippen LogP contribution in [-0.2, 0) is 11.4 Å². The number of allylic oxidation sites excluding steroid dienone is 1. The van der Waals surface area contributed by atoms with Crippen LogP contribution in [0.1, 0.15) is 23.7 Å². The largest absolute Gasteiger partial charge is 0.391 e. The Morgan fingerprint density at radius 3 is 2.22 bits per heavy atom. The van der Waals surface area contributed by atoms with Gasteiger partial charge < -0.3 is 9.94 Å². The normalized spacial score (nSPS) is 13.5. The summed E-state index contributed by atoms with van der Waals surface area (Å²) < 4.78 is 0. The van der Waals surface area contributed by atoms with Crippen molar-refractivity contribution in [2.75, 3.05) is 5.75 Å². The highest BCUT2D eigenvalue weighted by Gasteiger charge is 2.18. The van der Waals surface area contributed by atoms with Crippen molar-refractivity contribution in [3.63, 3.8) is 0 Å². The molecular formula is C26H25Cl2NO2S. The van der Waals surface area contributed by atoms with Gasteiger partial charge in [0.25, 0.3) is 0 Å². The van der Waals surface area contributed by atoms with Crippen LogP contribution in [0.15, 0.2) is 101 Å². The summed E-state index contributed by atoms with van der Waals surface area (Å²) >= 11 is 13.6. The van der Waals surface area contributed by atoms with E-state index in [0.29, 0.717) is 18.1 Å². The standard InChI is InChI=1S/C26H25Cl2NO2S/c27-23-11-9-21(10-12-23)26(30)22(18-29-31-19-20-6-2-1-3-7-20)8-4-5-17-32-25-15-13-24(28)14-16-25/h1-7,9-16,18,22,26,30H,8,17,19H2/b5-4+,29-18+/t22-,26-/m1/s1. The molecule has 0 saturated carbocycles.